The molecule has 1 aliphatic carbocycles. The van der Waals surface area contributed by atoms with Gasteiger partial charge in [-0.25, -0.2) is 0 Å². The quantitative estimate of drug-likeness (QED) is 0.815. The molecule has 1 saturated carbocycles. The summed E-state index contributed by atoms with van der Waals surface area (Å²) in [5.74, 6) is 0. The van der Waals surface area contributed by atoms with E-state index in [2.05, 4.69) is 54.8 Å². The molecule has 1 N–H and O–H groups in total. The largest absolute Gasteiger partial charge is 0.311 e. The molecule has 0 spiro atoms. The van der Waals surface area contributed by atoms with Gasteiger partial charge in [-0.3, -0.25) is 0 Å². The molecule has 0 aliphatic heterocycles. The van der Waals surface area contributed by atoms with E-state index >= 15 is 0 Å². The van der Waals surface area contributed by atoms with Crippen LogP contribution in [0, 0.1) is 0 Å². The summed E-state index contributed by atoms with van der Waals surface area (Å²) in [7, 11) is 4.24. The van der Waals surface area contributed by atoms with E-state index in [9.17, 15) is 0 Å². The van der Waals surface area contributed by atoms with Crippen LogP contribution in [0.2, 0.25) is 0 Å². The molecule has 0 saturated heterocycles. The monoisotopic (exact) mass is 264 g/mol. The summed E-state index contributed by atoms with van der Waals surface area (Å²) in [6.07, 6.45) is 4.98. The Morgan fingerprint density at radius 2 is 1.89 bits per heavy atom. The van der Waals surface area contributed by atoms with Crippen molar-refractivity contribution in [1.82, 2.24) is 10.2 Å². The lowest BCUT2D eigenvalue weighted by atomic mass is 10.1. The second-order valence-electron chi connectivity index (χ2n) is 5.50. The van der Waals surface area contributed by atoms with Gasteiger partial charge in [0.2, 0.25) is 0 Å². The van der Waals surface area contributed by atoms with Crippen molar-refractivity contribution in [3.05, 3.63) is 35.4 Å². The third kappa shape index (κ3) is 3.74. The van der Waals surface area contributed by atoms with Gasteiger partial charge in [-0.15, -0.1) is 0 Å². The van der Waals surface area contributed by atoms with Gasteiger partial charge in [-0.1, -0.05) is 24.3 Å². The molecule has 2 rings (SSSR count). The number of benzene rings is 1. The number of rotatable bonds is 7. The number of thioether (sulfide) groups is 1. The lowest BCUT2D eigenvalue weighted by molar-refractivity contribution is 0.400. The molecule has 0 atom stereocenters. The van der Waals surface area contributed by atoms with Crippen LogP contribution in [0.3, 0.4) is 0 Å². The van der Waals surface area contributed by atoms with Crippen LogP contribution in [0.15, 0.2) is 24.3 Å². The predicted molar refractivity (Wildman–Crippen MR) is 81.0 cm³/mol. The highest BCUT2D eigenvalue weighted by molar-refractivity contribution is 8.00. The van der Waals surface area contributed by atoms with E-state index in [1.807, 2.05) is 11.8 Å². The Morgan fingerprint density at radius 1 is 1.22 bits per heavy atom. The van der Waals surface area contributed by atoms with E-state index in [-0.39, 0.29) is 0 Å². The minimum Gasteiger partial charge on any atom is -0.311 e. The first-order chi connectivity index (χ1) is 8.65. The number of hydrogen-bond acceptors (Lipinski definition) is 3. The van der Waals surface area contributed by atoms with Crippen molar-refractivity contribution in [2.45, 2.75) is 30.7 Å². The first kappa shape index (κ1) is 13.9. The van der Waals surface area contributed by atoms with E-state index in [0.717, 1.165) is 19.6 Å². The van der Waals surface area contributed by atoms with Crippen LogP contribution in [0.5, 0.6) is 0 Å². The molecule has 100 valence electrons. The van der Waals surface area contributed by atoms with Crippen LogP contribution in [0.4, 0.5) is 0 Å². The Bertz CT molecular complexity index is 386. The number of hydrogen-bond donors (Lipinski definition) is 1. The Morgan fingerprint density at radius 3 is 2.44 bits per heavy atom. The molecule has 0 radical (unpaired) electrons. The summed E-state index contributed by atoms with van der Waals surface area (Å²) in [6, 6.07) is 8.74. The SMILES string of the molecule is CSC1(CNCc2ccccc2CN(C)C)CC1. The Balaban J connectivity index is 1.88. The van der Waals surface area contributed by atoms with Crippen molar-refractivity contribution in [1.29, 1.82) is 0 Å². The zero-order chi connectivity index (χ0) is 13.0. The summed E-state index contributed by atoms with van der Waals surface area (Å²) >= 11 is 2.02. The maximum atomic E-state index is 3.63. The van der Waals surface area contributed by atoms with Gasteiger partial charge in [0.25, 0.3) is 0 Å². The average Bonchev–Trinajstić information content (AvgIpc) is 3.11. The van der Waals surface area contributed by atoms with Crippen molar-refractivity contribution in [3.63, 3.8) is 0 Å². The van der Waals surface area contributed by atoms with E-state index in [4.69, 9.17) is 0 Å². The van der Waals surface area contributed by atoms with Crippen LogP contribution in [0.1, 0.15) is 24.0 Å². The molecule has 0 unspecified atom stereocenters. The summed E-state index contributed by atoms with van der Waals surface area (Å²) < 4.78 is 0.552. The van der Waals surface area contributed by atoms with E-state index in [1.54, 1.807) is 0 Å². The number of nitrogens with zero attached hydrogens (tertiary/aromatic N) is 1. The van der Waals surface area contributed by atoms with E-state index in [0.29, 0.717) is 4.75 Å². The highest BCUT2D eigenvalue weighted by Crippen LogP contribution is 2.46. The molecule has 0 bridgehead atoms. The minimum absolute atomic E-state index is 0.552. The Hall–Kier alpha value is -0.510. The van der Waals surface area contributed by atoms with Crippen molar-refractivity contribution in [2.24, 2.45) is 0 Å². The van der Waals surface area contributed by atoms with Gasteiger partial charge < -0.3 is 10.2 Å². The van der Waals surface area contributed by atoms with Crippen molar-refractivity contribution < 1.29 is 0 Å². The first-order valence-corrected chi connectivity index (χ1v) is 7.85. The van der Waals surface area contributed by atoms with Crippen LogP contribution in [-0.4, -0.2) is 36.5 Å². The molecular formula is C15H24N2S. The predicted octanol–water partition coefficient (Wildman–Crippen LogP) is 2.73. The minimum atomic E-state index is 0.552. The van der Waals surface area contributed by atoms with Gasteiger partial charge in [0.05, 0.1) is 0 Å². The lowest BCUT2D eigenvalue weighted by Crippen LogP contribution is -2.26. The standard InChI is InChI=1S/C15H24N2S/c1-17(2)11-14-7-5-4-6-13(14)10-16-12-15(18-3)8-9-15/h4-7,16H,8-12H2,1-3H3. The van der Waals surface area contributed by atoms with E-state index in [1.165, 1.54) is 24.0 Å². The highest BCUT2D eigenvalue weighted by atomic mass is 32.2. The van der Waals surface area contributed by atoms with Gasteiger partial charge in [0.15, 0.2) is 0 Å². The fraction of sp³-hybridized carbons (Fsp3) is 0.600. The maximum Gasteiger partial charge on any atom is 0.0282 e. The van der Waals surface area contributed by atoms with Crippen molar-refractivity contribution >= 4 is 11.8 Å². The van der Waals surface area contributed by atoms with E-state index < -0.39 is 0 Å². The molecule has 0 heterocycles. The topological polar surface area (TPSA) is 15.3 Å². The molecule has 18 heavy (non-hydrogen) atoms. The van der Waals surface area contributed by atoms with Crippen molar-refractivity contribution in [2.75, 3.05) is 26.9 Å². The molecule has 1 aromatic rings. The zero-order valence-corrected chi connectivity index (χ0v) is 12.5. The third-order valence-electron chi connectivity index (χ3n) is 3.61. The smallest absolute Gasteiger partial charge is 0.0282 e. The lowest BCUT2D eigenvalue weighted by Gasteiger charge is -2.16. The van der Waals surface area contributed by atoms with Crippen molar-refractivity contribution in [3.8, 4) is 0 Å². The molecule has 2 nitrogen and oxygen atoms in total. The zero-order valence-electron chi connectivity index (χ0n) is 11.7. The molecule has 1 aliphatic rings. The Kier molecular flexibility index (Phi) is 4.71. The normalized spacial score (nSPS) is 17.1. The first-order valence-electron chi connectivity index (χ1n) is 6.63. The molecule has 3 heteroatoms. The van der Waals surface area contributed by atoms with Gasteiger partial charge in [0, 0.05) is 24.4 Å². The average molecular weight is 264 g/mol. The third-order valence-corrected chi connectivity index (χ3v) is 5.03. The Labute approximate surface area is 115 Å². The fourth-order valence-corrected chi connectivity index (χ4v) is 3.00. The molecule has 1 fully saturated rings. The summed E-state index contributed by atoms with van der Waals surface area (Å²) in [5, 5.41) is 3.63. The second kappa shape index (κ2) is 6.09. The maximum absolute atomic E-state index is 3.63. The van der Waals surface area contributed by atoms with Gasteiger partial charge in [-0.2, -0.15) is 11.8 Å². The summed E-state index contributed by atoms with van der Waals surface area (Å²) in [6.45, 7) is 3.16. The molecular weight excluding hydrogens is 240 g/mol. The van der Waals surface area contributed by atoms with Crippen LogP contribution in [0.25, 0.3) is 0 Å². The van der Waals surface area contributed by atoms with Crippen LogP contribution in [-0.2, 0) is 13.1 Å². The van der Waals surface area contributed by atoms with Crippen LogP contribution >= 0.6 is 11.8 Å². The van der Waals surface area contributed by atoms with Crippen LogP contribution < -0.4 is 5.32 Å². The van der Waals surface area contributed by atoms with Gasteiger partial charge in [-0.05, 0) is 44.3 Å². The fourth-order valence-electron chi connectivity index (χ4n) is 2.24. The highest BCUT2D eigenvalue weighted by Gasteiger charge is 2.41. The molecule has 0 amide bonds. The van der Waals surface area contributed by atoms with Gasteiger partial charge in [0.1, 0.15) is 0 Å². The molecule has 1 aromatic carbocycles. The number of nitrogens with one attached hydrogen (secondary N) is 1. The molecule has 0 aromatic heterocycles. The summed E-state index contributed by atoms with van der Waals surface area (Å²) in [4.78, 5) is 2.23. The second-order valence-corrected chi connectivity index (χ2v) is 6.77. The summed E-state index contributed by atoms with van der Waals surface area (Å²) in [5.41, 5.74) is 2.87. The van der Waals surface area contributed by atoms with Gasteiger partial charge >= 0.3 is 0 Å².